The SMILES string of the molecule is COc1ccc(CNCCS(C)=O)cc1OC(F)F. The largest absolute Gasteiger partial charge is 0.493 e. The van der Waals surface area contributed by atoms with Gasteiger partial charge < -0.3 is 14.8 Å². The maximum atomic E-state index is 12.2. The Morgan fingerprint density at radius 1 is 1.37 bits per heavy atom. The second-order valence-electron chi connectivity index (χ2n) is 3.82. The van der Waals surface area contributed by atoms with Gasteiger partial charge in [0.05, 0.1) is 7.11 Å². The van der Waals surface area contributed by atoms with Gasteiger partial charge in [0.1, 0.15) is 0 Å². The van der Waals surface area contributed by atoms with E-state index >= 15 is 0 Å². The molecule has 7 heteroatoms. The Balaban J connectivity index is 2.61. The van der Waals surface area contributed by atoms with Crippen molar-refractivity contribution in [3.8, 4) is 11.5 Å². The molecule has 0 radical (unpaired) electrons. The van der Waals surface area contributed by atoms with E-state index in [1.165, 1.54) is 13.2 Å². The highest BCUT2D eigenvalue weighted by molar-refractivity contribution is 7.84. The Morgan fingerprint density at radius 3 is 2.68 bits per heavy atom. The van der Waals surface area contributed by atoms with Gasteiger partial charge in [-0.1, -0.05) is 6.07 Å². The molecule has 108 valence electrons. The van der Waals surface area contributed by atoms with Crippen LogP contribution in [0.4, 0.5) is 8.78 Å². The van der Waals surface area contributed by atoms with Gasteiger partial charge in [-0.05, 0) is 17.7 Å². The smallest absolute Gasteiger partial charge is 0.387 e. The van der Waals surface area contributed by atoms with Gasteiger partial charge in [-0.2, -0.15) is 8.78 Å². The van der Waals surface area contributed by atoms with Crippen LogP contribution in [-0.2, 0) is 17.3 Å². The molecule has 0 saturated heterocycles. The molecule has 0 aliphatic heterocycles. The molecule has 0 heterocycles. The Morgan fingerprint density at radius 2 is 2.11 bits per heavy atom. The van der Waals surface area contributed by atoms with Crippen molar-refractivity contribution in [3.05, 3.63) is 23.8 Å². The second-order valence-corrected chi connectivity index (χ2v) is 5.37. The predicted octanol–water partition coefficient (Wildman–Crippen LogP) is 1.76. The van der Waals surface area contributed by atoms with Crippen molar-refractivity contribution < 1.29 is 22.5 Å². The van der Waals surface area contributed by atoms with Gasteiger partial charge in [-0.25, -0.2) is 0 Å². The van der Waals surface area contributed by atoms with Gasteiger partial charge >= 0.3 is 6.61 Å². The minimum atomic E-state index is -2.89. The lowest BCUT2D eigenvalue weighted by Gasteiger charge is -2.11. The quantitative estimate of drug-likeness (QED) is 0.742. The number of hydrogen-bond donors (Lipinski definition) is 1. The summed E-state index contributed by atoms with van der Waals surface area (Å²) in [6, 6.07) is 4.83. The van der Waals surface area contributed by atoms with Crippen LogP contribution in [-0.4, -0.2) is 36.5 Å². The number of rotatable bonds is 8. The topological polar surface area (TPSA) is 47.6 Å². The number of benzene rings is 1. The Kier molecular flexibility index (Phi) is 6.72. The molecule has 1 unspecified atom stereocenters. The molecule has 0 aliphatic carbocycles. The Labute approximate surface area is 113 Å². The zero-order valence-corrected chi connectivity index (χ0v) is 11.6. The summed E-state index contributed by atoms with van der Waals surface area (Å²) >= 11 is 0. The highest BCUT2D eigenvalue weighted by Crippen LogP contribution is 2.29. The van der Waals surface area contributed by atoms with E-state index in [2.05, 4.69) is 10.1 Å². The molecule has 0 bridgehead atoms. The van der Waals surface area contributed by atoms with E-state index in [0.29, 0.717) is 18.8 Å². The summed E-state index contributed by atoms with van der Waals surface area (Å²) in [7, 11) is 0.544. The molecule has 19 heavy (non-hydrogen) atoms. The number of hydrogen-bond acceptors (Lipinski definition) is 4. The first-order valence-corrected chi connectivity index (χ1v) is 7.38. The minimum Gasteiger partial charge on any atom is -0.493 e. The molecule has 4 nitrogen and oxygen atoms in total. The molecule has 0 fully saturated rings. The van der Waals surface area contributed by atoms with Crippen molar-refractivity contribution in [2.75, 3.05) is 25.7 Å². The maximum absolute atomic E-state index is 12.2. The molecule has 0 aromatic heterocycles. The summed E-state index contributed by atoms with van der Waals surface area (Å²) in [5.74, 6) is 0.825. The van der Waals surface area contributed by atoms with Crippen molar-refractivity contribution in [1.29, 1.82) is 0 Å². The van der Waals surface area contributed by atoms with E-state index in [0.717, 1.165) is 5.56 Å². The third kappa shape index (κ3) is 5.98. The highest BCUT2D eigenvalue weighted by Gasteiger charge is 2.11. The van der Waals surface area contributed by atoms with E-state index in [1.807, 2.05) is 0 Å². The monoisotopic (exact) mass is 293 g/mol. The Bertz CT molecular complexity index is 429. The zero-order chi connectivity index (χ0) is 14.3. The van der Waals surface area contributed by atoms with Crippen LogP contribution in [0.3, 0.4) is 0 Å². The molecule has 1 aromatic carbocycles. The first kappa shape index (κ1) is 15.8. The first-order chi connectivity index (χ1) is 9.02. The first-order valence-electron chi connectivity index (χ1n) is 5.65. The third-order valence-corrected chi connectivity index (χ3v) is 3.12. The summed E-state index contributed by atoms with van der Waals surface area (Å²) in [6.45, 7) is -1.80. The van der Waals surface area contributed by atoms with E-state index < -0.39 is 17.4 Å². The number of methoxy groups -OCH3 is 1. The average molecular weight is 293 g/mol. The number of halogens is 2. The number of ether oxygens (including phenoxy) is 2. The summed E-state index contributed by atoms with van der Waals surface area (Å²) in [5.41, 5.74) is 0.790. The number of alkyl halides is 2. The van der Waals surface area contributed by atoms with Gasteiger partial charge in [0.2, 0.25) is 0 Å². The van der Waals surface area contributed by atoms with Gasteiger partial charge in [0.25, 0.3) is 0 Å². The fraction of sp³-hybridized carbons (Fsp3) is 0.500. The molecule has 1 atom stereocenters. The molecule has 1 aromatic rings. The van der Waals surface area contributed by atoms with Crippen LogP contribution in [0, 0.1) is 0 Å². The molecule has 1 rings (SSSR count). The molecule has 1 N–H and O–H groups in total. The third-order valence-electron chi connectivity index (χ3n) is 2.34. The second kappa shape index (κ2) is 8.06. The van der Waals surface area contributed by atoms with Gasteiger partial charge in [0, 0.05) is 35.9 Å². The van der Waals surface area contributed by atoms with E-state index in [1.54, 1.807) is 18.4 Å². The van der Waals surface area contributed by atoms with Crippen LogP contribution in [0.5, 0.6) is 11.5 Å². The zero-order valence-electron chi connectivity index (χ0n) is 10.8. The van der Waals surface area contributed by atoms with Crippen LogP contribution >= 0.6 is 0 Å². The van der Waals surface area contributed by atoms with Crippen LogP contribution in [0.25, 0.3) is 0 Å². The van der Waals surface area contributed by atoms with Gasteiger partial charge in [-0.3, -0.25) is 4.21 Å². The maximum Gasteiger partial charge on any atom is 0.387 e. The summed E-state index contributed by atoms with van der Waals surface area (Å²) < 4.78 is 44.7. The lowest BCUT2D eigenvalue weighted by atomic mass is 10.2. The lowest BCUT2D eigenvalue weighted by molar-refractivity contribution is -0.0512. The van der Waals surface area contributed by atoms with E-state index in [4.69, 9.17) is 4.74 Å². The highest BCUT2D eigenvalue weighted by atomic mass is 32.2. The standard InChI is InChI=1S/C12H17F2NO3S/c1-17-10-4-3-9(7-11(10)18-12(13)14)8-15-5-6-19(2)16/h3-4,7,12,15H,5-6,8H2,1-2H3. The van der Waals surface area contributed by atoms with Gasteiger partial charge in [-0.15, -0.1) is 0 Å². The fourth-order valence-corrected chi connectivity index (χ4v) is 1.90. The molecule has 0 spiro atoms. The molecule has 0 aliphatic rings. The lowest BCUT2D eigenvalue weighted by Crippen LogP contribution is -2.19. The number of nitrogens with one attached hydrogen (secondary N) is 1. The Hall–Kier alpha value is -1.21. The van der Waals surface area contributed by atoms with Crippen molar-refractivity contribution in [2.45, 2.75) is 13.2 Å². The molecular weight excluding hydrogens is 276 g/mol. The van der Waals surface area contributed by atoms with Crippen LogP contribution < -0.4 is 14.8 Å². The summed E-state index contributed by atoms with van der Waals surface area (Å²) in [6.07, 6.45) is 1.63. The molecule has 0 amide bonds. The van der Waals surface area contributed by atoms with E-state index in [-0.39, 0.29) is 11.5 Å². The minimum absolute atomic E-state index is 0.0101. The van der Waals surface area contributed by atoms with Gasteiger partial charge in [0.15, 0.2) is 11.5 Å². The molecular formula is C12H17F2NO3S. The predicted molar refractivity (Wildman–Crippen MR) is 70.3 cm³/mol. The summed E-state index contributed by atoms with van der Waals surface area (Å²) in [5, 5.41) is 3.07. The van der Waals surface area contributed by atoms with Crippen molar-refractivity contribution >= 4 is 10.8 Å². The van der Waals surface area contributed by atoms with Crippen LogP contribution in [0.15, 0.2) is 18.2 Å². The summed E-state index contributed by atoms with van der Waals surface area (Å²) in [4.78, 5) is 0. The average Bonchev–Trinajstić information content (AvgIpc) is 2.34. The van der Waals surface area contributed by atoms with Crippen molar-refractivity contribution in [1.82, 2.24) is 5.32 Å². The van der Waals surface area contributed by atoms with Crippen LogP contribution in [0.1, 0.15) is 5.56 Å². The van der Waals surface area contributed by atoms with E-state index in [9.17, 15) is 13.0 Å². The fourth-order valence-electron chi connectivity index (χ4n) is 1.47. The molecule has 0 saturated carbocycles. The van der Waals surface area contributed by atoms with Crippen molar-refractivity contribution in [2.24, 2.45) is 0 Å². The van der Waals surface area contributed by atoms with Crippen LogP contribution in [0.2, 0.25) is 0 Å². The van der Waals surface area contributed by atoms with Crippen molar-refractivity contribution in [3.63, 3.8) is 0 Å². The normalized spacial score (nSPS) is 12.5.